The number of nitrogens with zero attached hydrogens (tertiary/aromatic N) is 2. The molecule has 0 bridgehead atoms. The van der Waals surface area contributed by atoms with Gasteiger partial charge in [0.25, 0.3) is 0 Å². The van der Waals surface area contributed by atoms with Crippen LogP contribution in [0.2, 0.25) is 5.02 Å². The van der Waals surface area contributed by atoms with E-state index in [1.165, 1.54) is 0 Å². The van der Waals surface area contributed by atoms with Gasteiger partial charge in [-0.3, -0.25) is 9.48 Å². The summed E-state index contributed by atoms with van der Waals surface area (Å²) in [5.74, 6) is 0.0675. The molecule has 4 heteroatoms. The van der Waals surface area contributed by atoms with Gasteiger partial charge in [0.1, 0.15) is 0 Å². The first-order chi connectivity index (χ1) is 8.06. The third kappa shape index (κ3) is 2.74. The van der Waals surface area contributed by atoms with E-state index in [2.05, 4.69) is 5.10 Å². The van der Waals surface area contributed by atoms with Crippen molar-refractivity contribution in [3.05, 3.63) is 52.3 Å². The Morgan fingerprint density at radius 2 is 2.24 bits per heavy atom. The number of rotatable bonds is 3. The summed E-state index contributed by atoms with van der Waals surface area (Å²) < 4.78 is 1.65. The van der Waals surface area contributed by atoms with Gasteiger partial charge in [0.2, 0.25) is 0 Å². The summed E-state index contributed by atoms with van der Waals surface area (Å²) in [6, 6.07) is 7.35. The van der Waals surface area contributed by atoms with Gasteiger partial charge in [-0.05, 0) is 24.6 Å². The van der Waals surface area contributed by atoms with E-state index in [9.17, 15) is 4.79 Å². The van der Waals surface area contributed by atoms with Crippen molar-refractivity contribution in [3.63, 3.8) is 0 Å². The monoisotopic (exact) mass is 248 g/mol. The smallest absolute Gasteiger partial charge is 0.170 e. The van der Waals surface area contributed by atoms with Crippen molar-refractivity contribution in [2.24, 2.45) is 7.05 Å². The minimum atomic E-state index is 0.0675. The zero-order chi connectivity index (χ0) is 12.4. The molecular weight excluding hydrogens is 236 g/mol. The summed E-state index contributed by atoms with van der Waals surface area (Å²) in [4.78, 5) is 12.1. The van der Waals surface area contributed by atoms with Crippen LogP contribution in [0.3, 0.4) is 0 Å². The van der Waals surface area contributed by atoms with Crippen molar-refractivity contribution in [1.82, 2.24) is 9.78 Å². The number of hydrogen-bond donors (Lipinski definition) is 0. The molecule has 0 radical (unpaired) electrons. The third-order valence-electron chi connectivity index (χ3n) is 2.57. The maximum atomic E-state index is 12.1. The predicted molar refractivity (Wildman–Crippen MR) is 67.4 cm³/mol. The molecule has 0 N–H and O–H groups in total. The fourth-order valence-corrected chi connectivity index (χ4v) is 2.01. The Kier molecular flexibility index (Phi) is 3.29. The number of benzene rings is 1. The van der Waals surface area contributed by atoms with Crippen LogP contribution < -0.4 is 0 Å². The van der Waals surface area contributed by atoms with Crippen LogP contribution >= 0.6 is 11.6 Å². The lowest BCUT2D eigenvalue weighted by Crippen LogP contribution is -2.04. The lowest BCUT2D eigenvalue weighted by Gasteiger charge is -2.00. The van der Waals surface area contributed by atoms with Gasteiger partial charge in [-0.15, -0.1) is 0 Å². The lowest BCUT2D eigenvalue weighted by molar-refractivity contribution is 0.0992. The van der Waals surface area contributed by atoms with Gasteiger partial charge in [0.15, 0.2) is 5.78 Å². The quantitative estimate of drug-likeness (QED) is 0.783. The van der Waals surface area contributed by atoms with Crippen molar-refractivity contribution in [1.29, 1.82) is 0 Å². The lowest BCUT2D eigenvalue weighted by atomic mass is 10.0. The van der Waals surface area contributed by atoms with Crippen molar-refractivity contribution in [2.75, 3.05) is 0 Å². The molecule has 0 saturated heterocycles. The Balaban J connectivity index is 2.20. The average Bonchev–Trinajstić information content (AvgIpc) is 2.58. The van der Waals surface area contributed by atoms with E-state index in [1.807, 2.05) is 32.2 Å². The Morgan fingerprint density at radius 3 is 2.82 bits per heavy atom. The fraction of sp³-hybridized carbons (Fsp3) is 0.231. The number of Topliss-reactive ketones (excluding diaryl/α,β-unsaturated/α-hetero) is 1. The maximum absolute atomic E-state index is 12.1. The van der Waals surface area contributed by atoms with E-state index in [0.29, 0.717) is 17.0 Å². The predicted octanol–water partition coefficient (Wildman–Crippen LogP) is 2.81. The first-order valence-electron chi connectivity index (χ1n) is 5.34. The van der Waals surface area contributed by atoms with E-state index in [0.717, 1.165) is 11.3 Å². The van der Waals surface area contributed by atoms with E-state index in [1.54, 1.807) is 16.9 Å². The summed E-state index contributed by atoms with van der Waals surface area (Å²) in [6.45, 7) is 1.84. The standard InChI is InChI=1S/C13H13ClN2O/c1-9-12(8-16(2)15-9)13(17)7-10-4-3-5-11(14)6-10/h3-6,8H,7H2,1-2H3. The molecule has 0 saturated carbocycles. The SMILES string of the molecule is Cc1nn(C)cc1C(=O)Cc1cccc(Cl)c1. The van der Waals surface area contributed by atoms with Crippen LogP contribution in [0.4, 0.5) is 0 Å². The van der Waals surface area contributed by atoms with Gasteiger partial charge in [0.05, 0.1) is 11.3 Å². The zero-order valence-corrected chi connectivity index (χ0v) is 10.5. The number of aromatic nitrogens is 2. The van der Waals surface area contributed by atoms with Gasteiger partial charge in [-0.1, -0.05) is 23.7 Å². The minimum absolute atomic E-state index is 0.0675. The van der Waals surface area contributed by atoms with Gasteiger partial charge >= 0.3 is 0 Å². The largest absolute Gasteiger partial charge is 0.294 e. The number of carbonyl (C=O) groups is 1. The fourth-order valence-electron chi connectivity index (χ4n) is 1.80. The molecule has 0 aliphatic carbocycles. The molecule has 0 amide bonds. The van der Waals surface area contributed by atoms with Crippen LogP contribution in [0, 0.1) is 6.92 Å². The van der Waals surface area contributed by atoms with Crippen LogP contribution in [0.25, 0.3) is 0 Å². The molecule has 0 fully saturated rings. The molecule has 0 atom stereocenters. The van der Waals surface area contributed by atoms with Gasteiger partial charge in [-0.2, -0.15) is 5.10 Å². The Labute approximate surface area is 105 Å². The highest BCUT2D eigenvalue weighted by Gasteiger charge is 2.13. The van der Waals surface area contributed by atoms with Gasteiger partial charge in [-0.25, -0.2) is 0 Å². The summed E-state index contributed by atoms with van der Waals surface area (Å²) in [6.07, 6.45) is 2.11. The van der Waals surface area contributed by atoms with Crippen molar-refractivity contribution in [2.45, 2.75) is 13.3 Å². The van der Waals surface area contributed by atoms with Crippen LogP contribution in [0.5, 0.6) is 0 Å². The molecule has 0 aliphatic heterocycles. The number of hydrogen-bond acceptors (Lipinski definition) is 2. The van der Waals surface area contributed by atoms with E-state index in [4.69, 9.17) is 11.6 Å². The molecule has 3 nitrogen and oxygen atoms in total. The second-order valence-electron chi connectivity index (χ2n) is 4.03. The van der Waals surface area contributed by atoms with Gasteiger partial charge in [0, 0.05) is 24.7 Å². The van der Waals surface area contributed by atoms with Crippen LogP contribution in [0.15, 0.2) is 30.5 Å². The summed E-state index contributed by atoms with van der Waals surface area (Å²) in [5.41, 5.74) is 2.36. The van der Waals surface area contributed by atoms with E-state index < -0.39 is 0 Å². The average molecular weight is 249 g/mol. The normalized spacial score (nSPS) is 10.5. The van der Waals surface area contributed by atoms with Crippen molar-refractivity contribution >= 4 is 17.4 Å². The second kappa shape index (κ2) is 4.72. The number of aryl methyl sites for hydroxylation is 2. The first-order valence-corrected chi connectivity index (χ1v) is 5.72. The highest BCUT2D eigenvalue weighted by molar-refractivity contribution is 6.30. The van der Waals surface area contributed by atoms with Crippen LogP contribution in [0.1, 0.15) is 21.6 Å². The molecular formula is C13H13ClN2O. The molecule has 0 spiro atoms. The Bertz CT molecular complexity index is 560. The highest BCUT2D eigenvalue weighted by atomic mass is 35.5. The van der Waals surface area contributed by atoms with E-state index in [-0.39, 0.29) is 5.78 Å². The Morgan fingerprint density at radius 1 is 1.47 bits per heavy atom. The maximum Gasteiger partial charge on any atom is 0.170 e. The number of carbonyl (C=O) groups excluding carboxylic acids is 1. The third-order valence-corrected chi connectivity index (χ3v) is 2.80. The molecule has 2 aromatic rings. The van der Waals surface area contributed by atoms with Crippen molar-refractivity contribution in [3.8, 4) is 0 Å². The molecule has 0 aliphatic rings. The van der Waals surface area contributed by atoms with E-state index >= 15 is 0 Å². The topological polar surface area (TPSA) is 34.9 Å². The summed E-state index contributed by atoms with van der Waals surface area (Å²) >= 11 is 5.88. The van der Waals surface area contributed by atoms with Crippen molar-refractivity contribution < 1.29 is 4.79 Å². The summed E-state index contributed by atoms with van der Waals surface area (Å²) in [5, 5.41) is 4.81. The Hall–Kier alpha value is -1.61. The molecule has 1 heterocycles. The molecule has 2 rings (SSSR count). The summed E-state index contributed by atoms with van der Waals surface area (Å²) in [7, 11) is 1.81. The molecule has 1 aromatic carbocycles. The first kappa shape index (κ1) is 11.9. The molecule has 88 valence electrons. The number of ketones is 1. The van der Waals surface area contributed by atoms with Gasteiger partial charge < -0.3 is 0 Å². The van der Waals surface area contributed by atoms with Crippen LogP contribution in [-0.2, 0) is 13.5 Å². The highest BCUT2D eigenvalue weighted by Crippen LogP contribution is 2.14. The zero-order valence-electron chi connectivity index (χ0n) is 9.77. The minimum Gasteiger partial charge on any atom is -0.294 e. The molecule has 0 unspecified atom stereocenters. The second-order valence-corrected chi connectivity index (χ2v) is 4.47. The van der Waals surface area contributed by atoms with Crippen LogP contribution in [-0.4, -0.2) is 15.6 Å². The number of halogens is 1. The molecule has 1 aromatic heterocycles. The molecule has 17 heavy (non-hydrogen) atoms.